The highest BCUT2D eigenvalue weighted by Gasteiger charge is 2.29. The summed E-state index contributed by atoms with van der Waals surface area (Å²) in [6.07, 6.45) is 1.21. The lowest BCUT2D eigenvalue weighted by molar-refractivity contribution is -0.119. The first kappa shape index (κ1) is 18.4. The zero-order valence-electron chi connectivity index (χ0n) is 15.1. The maximum absolute atomic E-state index is 13.1. The van der Waals surface area contributed by atoms with E-state index in [4.69, 9.17) is 0 Å². The van der Waals surface area contributed by atoms with Gasteiger partial charge in [-0.15, -0.1) is 0 Å². The SMILES string of the molecule is C=CC(=O)NCc1ccc(C(=O)N2CC(C)C(=O)Nc3ccccc32)cc1. The summed E-state index contributed by atoms with van der Waals surface area (Å²) >= 11 is 0. The van der Waals surface area contributed by atoms with Gasteiger partial charge in [0, 0.05) is 18.7 Å². The minimum Gasteiger partial charge on any atom is -0.348 e. The molecule has 0 saturated heterocycles. The fourth-order valence-electron chi connectivity index (χ4n) is 2.90. The highest BCUT2D eigenvalue weighted by molar-refractivity contribution is 6.10. The van der Waals surface area contributed by atoms with Crippen molar-refractivity contribution in [3.63, 3.8) is 0 Å². The van der Waals surface area contributed by atoms with E-state index in [2.05, 4.69) is 17.2 Å². The average molecular weight is 363 g/mol. The third-order valence-corrected chi connectivity index (χ3v) is 4.45. The van der Waals surface area contributed by atoms with Crippen LogP contribution < -0.4 is 15.5 Å². The van der Waals surface area contributed by atoms with Gasteiger partial charge in [-0.05, 0) is 35.9 Å². The predicted molar refractivity (Wildman–Crippen MR) is 104 cm³/mol. The van der Waals surface area contributed by atoms with Gasteiger partial charge in [0.2, 0.25) is 11.8 Å². The van der Waals surface area contributed by atoms with Crippen molar-refractivity contribution in [2.24, 2.45) is 5.92 Å². The largest absolute Gasteiger partial charge is 0.348 e. The van der Waals surface area contributed by atoms with Crippen molar-refractivity contribution in [1.29, 1.82) is 0 Å². The number of amides is 3. The molecule has 2 aromatic rings. The van der Waals surface area contributed by atoms with Gasteiger partial charge >= 0.3 is 0 Å². The summed E-state index contributed by atoms with van der Waals surface area (Å²) in [5, 5.41) is 5.56. The second-order valence-electron chi connectivity index (χ2n) is 6.44. The molecule has 3 rings (SSSR count). The van der Waals surface area contributed by atoms with Crippen LogP contribution in [0.15, 0.2) is 61.2 Å². The van der Waals surface area contributed by atoms with Crippen LogP contribution in [0.1, 0.15) is 22.8 Å². The van der Waals surface area contributed by atoms with E-state index >= 15 is 0 Å². The van der Waals surface area contributed by atoms with Gasteiger partial charge < -0.3 is 15.5 Å². The van der Waals surface area contributed by atoms with Crippen molar-refractivity contribution in [3.8, 4) is 0 Å². The molecule has 1 aliphatic rings. The topological polar surface area (TPSA) is 78.5 Å². The normalized spacial score (nSPS) is 16.0. The van der Waals surface area contributed by atoms with Gasteiger partial charge in [0.15, 0.2) is 0 Å². The Hall–Kier alpha value is -3.41. The van der Waals surface area contributed by atoms with Crippen LogP contribution in [0.2, 0.25) is 0 Å². The second kappa shape index (κ2) is 7.86. The van der Waals surface area contributed by atoms with Crippen molar-refractivity contribution >= 4 is 29.1 Å². The highest BCUT2D eigenvalue weighted by Crippen LogP contribution is 2.31. The first-order chi connectivity index (χ1) is 13.0. The molecular formula is C21H21N3O3. The van der Waals surface area contributed by atoms with Crippen LogP contribution in [-0.2, 0) is 16.1 Å². The van der Waals surface area contributed by atoms with Crippen molar-refractivity contribution in [1.82, 2.24) is 5.32 Å². The van der Waals surface area contributed by atoms with E-state index in [1.807, 2.05) is 18.2 Å². The zero-order chi connectivity index (χ0) is 19.4. The second-order valence-corrected chi connectivity index (χ2v) is 6.44. The molecule has 0 radical (unpaired) electrons. The molecule has 6 nitrogen and oxygen atoms in total. The molecule has 0 spiro atoms. The number of anilines is 2. The van der Waals surface area contributed by atoms with Crippen LogP contribution >= 0.6 is 0 Å². The summed E-state index contributed by atoms with van der Waals surface area (Å²) in [7, 11) is 0. The van der Waals surface area contributed by atoms with Gasteiger partial charge in [-0.2, -0.15) is 0 Å². The molecule has 0 aromatic heterocycles. The number of benzene rings is 2. The monoisotopic (exact) mass is 363 g/mol. The molecule has 2 aromatic carbocycles. The number of hydrogen-bond acceptors (Lipinski definition) is 3. The lowest BCUT2D eigenvalue weighted by Crippen LogP contribution is -2.35. The van der Waals surface area contributed by atoms with Crippen molar-refractivity contribution in [2.45, 2.75) is 13.5 Å². The molecule has 6 heteroatoms. The van der Waals surface area contributed by atoms with E-state index < -0.39 is 0 Å². The lowest BCUT2D eigenvalue weighted by atomic mass is 10.1. The quantitative estimate of drug-likeness (QED) is 0.820. The Bertz CT molecular complexity index is 890. The molecule has 1 atom stereocenters. The molecule has 138 valence electrons. The maximum Gasteiger partial charge on any atom is 0.258 e. The average Bonchev–Trinajstić information content (AvgIpc) is 2.82. The Morgan fingerprint density at radius 2 is 1.93 bits per heavy atom. The van der Waals surface area contributed by atoms with Crippen LogP contribution in [0, 0.1) is 5.92 Å². The predicted octanol–water partition coefficient (Wildman–Crippen LogP) is 2.72. The van der Waals surface area contributed by atoms with E-state index in [-0.39, 0.29) is 23.6 Å². The molecule has 2 N–H and O–H groups in total. The highest BCUT2D eigenvalue weighted by atomic mass is 16.2. The molecule has 0 saturated carbocycles. The van der Waals surface area contributed by atoms with Crippen LogP contribution in [0.5, 0.6) is 0 Å². The van der Waals surface area contributed by atoms with E-state index in [0.717, 1.165) is 5.56 Å². The van der Waals surface area contributed by atoms with Gasteiger partial charge in [0.1, 0.15) is 0 Å². The van der Waals surface area contributed by atoms with Crippen molar-refractivity contribution < 1.29 is 14.4 Å². The number of carbonyl (C=O) groups excluding carboxylic acids is 3. The number of hydrogen-bond donors (Lipinski definition) is 2. The van der Waals surface area contributed by atoms with Gasteiger partial charge in [-0.3, -0.25) is 14.4 Å². The molecule has 3 amide bonds. The number of carbonyl (C=O) groups is 3. The van der Waals surface area contributed by atoms with Crippen LogP contribution in [0.25, 0.3) is 0 Å². The number of nitrogens with zero attached hydrogens (tertiary/aromatic N) is 1. The summed E-state index contributed by atoms with van der Waals surface area (Å²) in [5.41, 5.74) is 2.71. The summed E-state index contributed by atoms with van der Waals surface area (Å²) in [4.78, 5) is 38.2. The van der Waals surface area contributed by atoms with Crippen molar-refractivity contribution in [2.75, 3.05) is 16.8 Å². The van der Waals surface area contributed by atoms with Gasteiger partial charge in [-0.25, -0.2) is 0 Å². The molecule has 0 fully saturated rings. The third-order valence-electron chi connectivity index (χ3n) is 4.45. The van der Waals surface area contributed by atoms with Gasteiger partial charge in [-0.1, -0.05) is 37.8 Å². The fraction of sp³-hybridized carbons (Fsp3) is 0.190. The summed E-state index contributed by atoms with van der Waals surface area (Å²) < 4.78 is 0. The minimum atomic E-state index is -0.324. The fourth-order valence-corrected chi connectivity index (χ4v) is 2.90. The van der Waals surface area contributed by atoms with Gasteiger partial charge in [0.05, 0.1) is 17.3 Å². The third kappa shape index (κ3) is 4.06. The molecule has 1 heterocycles. The first-order valence-electron chi connectivity index (χ1n) is 8.70. The minimum absolute atomic E-state index is 0.106. The summed E-state index contributed by atoms with van der Waals surface area (Å²) in [6, 6.07) is 14.3. The Kier molecular flexibility index (Phi) is 5.35. The smallest absolute Gasteiger partial charge is 0.258 e. The Balaban J connectivity index is 1.83. The molecule has 1 unspecified atom stereocenters. The van der Waals surface area contributed by atoms with E-state index in [1.54, 1.807) is 42.2 Å². The van der Waals surface area contributed by atoms with Crippen LogP contribution in [0.3, 0.4) is 0 Å². The van der Waals surface area contributed by atoms with E-state index in [1.165, 1.54) is 6.08 Å². The Morgan fingerprint density at radius 1 is 1.22 bits per heavy atom. The lowest BCUT2D eigenvalue weighted by Gasteiger charge is -2.23. The number of fused-ring (bicyclic) bond motifs is 1. The molecule has 1 aliphatic heterocycles. The Morgan fingerprint density at radius 3 is 2.63 bits per heavy atom. The number of nitrogens with one attached hydrogen (secondary N) is 2. The standard InChI is InChI=1S/C21H21N3O3/c1-3-19(25)22-12-15-8-10-16(11-9-15)21(27)24-13-14(2)20(26)23-17-6-4-5-7-18(17)24/h3-11,14H,1,12-13H2,2H3,(H,22,25)(H,23,26). The maximum atomic E-state index is 13.1. The molecule has 27 heavy (non-hydrogen) atoms. The molecular weight excluding hydrogens is 342 g/mol. The van der Waals surface area contributed by atoms with Crippen LogP contribution in [0.4, 0.5) is 11.4 Å². The first-order valence-corrected chi connectivity index (χ1v) is 8.70. The summed E-state index contributed by atoms with van der Waals surface area (Å²) in [6.45, 7) is 5.87. The van der Waals surface area contributed by atoms with E-state index in [0.29, 0.717) is 30.0 Å². The van der Waals surface area contributed by atoms with Gasteiger partial charge in [0.25, 0.3) is 5.91 Å². The number of para-hydroxylation sites is 2. The van der Waals surface area contributed by atoms with E-state index in [9.17, 15) is 14.4 Å². The molecule has 0 aliphatic carbocycles. The zero-order valence-corrected chi connectivity index (χ0v) is 15.1. The Labute approximate surface area is 157 Å². The molecule has 0 bridgehead atoms. The number of rotatable bonds is 4. The van der Waals surface area contributed by atoms with Crippen LogP contribution in [-0.4, -0.2) is 24.3 Å². The van der Waals surface area contributed by atoms with Crippen molar-refractivity contribution in [3.05, 3.63) is 72.3 Å². The summed E-state index contributed by atoms with van der Waals surface area (Å²) in [5.74, 6) is -0.851.